The van der Waals surface area contributed by atoms with Crippen molar-refractivity contribution < 1.29 is 4.79 Å². The summed E-state index contributed by atoms with van der Waals surface area (Å²) in [5, 5.41) is 0.475. The van der Waals surface area contributed by atoms with Gasteiger partial charge in [0, 0.05) is 7.05 Å². The first-order valence-electron chi connectivity index (χ1n) is 7.70. The van der Waals surface area contributed by atoms with Crippen LogP contribution in [0, 0.1) is 0 Å². The Labute approximate surface area is 145 Å². The number of rotatable bonds is 5. The van der Waals surface area contributed by atoms with Crippen LogP contribution >= 0.6 is 11.8 Å². The lowest BCUT2D eigenvalue weighted by Crippen LogP contribution is -2.22. The van der Waals surface area contributed by atoms with E-state index in [4.69, 9.17) is 5.73 Å². The second kappa shape index (κ2) is 6.93. The molecule has 0 aliphatic carbocycles. The van der Waals surface area contributed by atoms with Crippen molar-refractivity contribution in [3.63, 3.8) is 0 Å². The summed E-state index contributed by atoms with van der Waals surface area (Å²) >= 11 is 1.37. The number of hydrogen-bond donors (Lipinski definition) is 1. The molecule has 0 unspecified atom stereocenters. The number of hydrogen-bond acceptors (Lipinski definition) is 3. The van der Waals surface area contributed by atoms with E-state index in [0.717, 1.165) is 16.4 Å². The fraction of sp³-hybridized carbons (Fsp3) is 0.158. The number of nitrogens with two attached hydrogens (primary N) is 1. The number of carbonyl (C=O) groups excluding carboxylic acids is 1. The zero-order valence-corrected chi connectivity index (χ0v) is 14.5. The molecule has 2 aromatic carbocycles. The average molecular weight is 337 g/mol. The highest BCUT2D eigenvalue weighted by atomic mass is 32.2. The van der Waals surface area contributed by atoms with Crippen LogP contribution in [0.25, 0.3) is 22.4 Å². The van der Waals surface area contributed by atoms with Gasteiger partial charge in [-0.15, -0.1) is 0 Å². The molecule has 0 bridgehead atoms. The maximum atomic E-state index is 11.2. The summed E-state index contributed by atoms with van der Waals surface area (Å²) in [4.78, 5) is 15.6. The molecule has 0 saturated heterocycles. The van der Waals surface area contributed by atoms with E-state index in [9.17, 15) is 4.79 Å². The number of primary amides is 1. The Balaban J connectivity index is 1.85. The average Bonchev–Trinajstić information content (AvgIpc) is 2.96. The van der Waals surface area contributed by atoms with Gasteiger partial charge in [0.1, 0.15) is 0 Å². The molecule has 1 heterocycles. The summed E-state index contributed by atoms with van der Waals surface area (Å²) in [6.07, 6.45) is 1.83. The molecule has 0 radical (unpaired) electrons. The topological polar surface area (TPSA) is 60.9 Å². The Hall–Kier alpha value is -2.53. The summed E-state index contributed by atoms with van der Waals surface area (Å²) < 4.78 is 1.99. The van der Waals surface area contributed by atoms with E-state index in [-0.39, 0.29) is 11.2 Å². The number of amides is 1. The molecular weight excluding hydrogens is 318 g/mol. The van der Waals surface area contributed by atoms with Crippen LogP contribution < -0.4 is 5.73 Å². The van der Waals surface area contributed by atoms with Gasteiger partial charge in [0.2, 0.25) is 5.91 Å². The third-order valence-corrected chi connectivity index (χ3v) is 5.09. The molecule has 0 saturated carbocycles. The first-order chi connectivity index (χ1) is 11.6. The number of nitrogens with zero attached hydrogens (tertiary/aromatic N) is 2. The van der Waals surface area contributed by atoms with E-state index in [0.29, 0.717) is 0 Å². The number of benzene rings is 2. The second-order valence-corrected chi connectivity index (χ2v) is 6.90. The largest absolute Gasteiger partial charge is 0.369 e. The molecule has 1 amide bonds. The predicted octanol–water partition coefficient (Wildman–Crippen LogP) is 3.72. The van der Waals surface area contributed by atoms with Gasteiger partial charge in [0.15, 0.2) is 5.16 Å². The van der Waals surface area contributed by atoms with Gasteiger partial charge in [-0.05, 0) is 23.6 Å². The lowest BCUT2D eigenvalue weighted by Gasteiger charge is -2.09. The monoisotopic (exact) mass is 337 g/mol. The van der Waals surface area contributed by atoms with Crippen molar-refractivity contribution in [1.82, 2.24) is 9.55 Å². The smallest absolute Gasteiger partial charge is 0.230 e. The van der Waals surface area contributed by atoms with Gasteiger partial charge in [0.05, 0.1) is 17.1 Å². The first-order valence-corrected chi connectivity index (χ1v) is 8.58. The van der Waals surface area contributed by atoms with Crippen molar-refractivity contribution in [3.05, 3.63) is 60.8 Å². The van der Waals surface area contributed by atoms with Crippen molar-refractivity contribution in [2.45, 2.75) is 17.3 Å². The molecule has 5 heteroatoms. The van der Waals surface area contributed by atoms with Gasteiger partial charge >= 0.3 is 0 Å². The third-order valence-electron chi connectivity index (χ3n) is 3.92. The fourth-order valence-corrected chi connectivity index (χ4v) is 3.25. The van der Waals surface area contributed by atoms with E-state index >= 15 is 0 Å². The molecule has 3 rings (SSSR count). The van der Waals surface area contributed by atoms with Gasteiger partial charge in [-0.25, -0.2) is 4.98 Å². The van der Waals surface area contributed by atoms with Crippen molar-refractivity contribution in [3.8, 4) is 22.4 Å². The SMILES string of the molecule is C[C@@H](Sc1ncc(-c2ccc(-c3ccccc3)cc2)n1C)C(N)=O. The van der Waals surface area contributed by atoms with Crippen molar-refractivity contribution in [2.24, 2.45) is 12.8 Å². The predicted molar refractivity (Wildman–Crippen MR) is 98.6 cm³/mol. The Kier molecular flexibility index (Phi) is 4.71. The van der Waals surface area contributed by atoms with E-state index in [1.807, 2.05) is 36.0 Å². The normalized spacial score (nSPS) is 12.1. The van der Waals surface area contributed by atoms with E-state index in [2.05, 4.69) is 41.4 Å². The lowest BCUT2D eigenvalue weighted by atomic mass is 10.0. The lowest BCUT2D eigenvalue weighted by molar-refractivity contribution is -0.117. The highest BCUT2D eigenvalue weighted by molar-refractivity contribution is 8.00. The third kappa shape index (κ3) is 3.36. The number of thioether (sulfide) groups is 1. The molecule has 4 nitrogen and oxygen atoms in total. The highest BCUT2D eigenvalue weighted by Gasteiger charge is 2.16. The standard InChI is InChI=1S/C19H19N3OS/c1-13(18(20)23)24-19-21-12-17(22(19)2)16-10-8-15(9-11-16)14-6-4-3-5-7-14/h3-13H,1-2H3,(H2,20,23)/t13-/m1/s1. The molecule has 2 N–H and O–H groups in total. The highest BCUT2D eigenvalue weighted by Crippen LogP contribution is 2.29. The van der Waals surface area contributed by atoms with Crippen LogP contribution in [0.2, 0.25) is 0 Å². The van der Waals surface area contributed by atoms with Crippen molar-refractivity contribution in [2.75, 3.05) is 0 Å². The Morgan fingerprint density at radius 3 is 2.25 bits per heavy atom. The molecule has 3 aromatic rings. The molecule has 1 atom stereocenters. The van der Waals surface area contributed by atoms with Crippen molar-refractivity contribution in [1.29, 1.82) is 0 Å². The van der Waals surface area contributed by atoms with Crippen LogP contribution in [0.1, 0.15) is 6.92 Å². The second-order valence-electron chi connectivity index (χ2n) is 5.59. The van der Waals surface area contributed by atoms with Crippen LogP contribution in [0.4, 0.5) is 0 Å². The van der Waals surface area contributed by atoms with Gasteiger partial charge in [-0.3, -0.25) is 4.79 Å². The van der Waals surface area contributed by atoms with Gasteiger partial charge in [-0.2, -0.15) is 0 Å². The van der Waals surface area contributed by atoms with Crippen molar-refractivity contribution >= 4 is 17.7 Å². The van der Waals surface area contributed by atoms with Gasteiger partial charge < -0.3 is 10.3 Å². The molecular formula is C19H19N3OS. The minimum Gasteiger partial charge on any atom is -0.369 e. The van der Waals surface area contributed by atoms with Crippen LogP contribution in [-0.2, 0) is 11.8 Å². The van der Waals surface area contributed by atoms with E-state index in [1.165, 1.54) is 22.9 Å². The van der Waals surface area contributed by atoms with Gasteiger partial charge in [0.25, 0.3) is 0 Å². The Morgan fingerprint density at radius 1 is 1.04 bits per heavy atom. The Bertz CT molecular complexity index is 841. The fourth-order valence-electron chi connectivity index (χ4n) is 2.45. The molecule has 0 fully saturated rings. The summed E-state index contributed by atoms with van der Waals surface area (Å²) in [6.45, 7) is 1.79. The molecule has 0 aliphatic rings. The van der Waals surface area contributed by atoms with E-state index in [1.54, 1.807) is 6.92 Å². The Morgan fingerprint density at radius 2 is 1.62 bits per heavy atom. The first kappa shape index (κ1) is 16.3. The minimum atomic E-state index is -0.336. The van der Waals surface area contributed by atoms with E-state index < -0.39 is 0 Å². The quantitative estimate of drug-likeness (QED) is 0.722. The summed E-state index contributed by atoms with van der Waals surface area (Å²) in [5.74, 6) is -0.336. The van der Waals surface area contributed by atoms with Crippen LogP contribution in [0.3, 0.4) is 0 Å². The van der Waals surface area contributed by atoms with Crippen LogP contribution in [-0.4, -0.2) is 20.7 Å². The zero-order valence-electron chi connectivity index (χ0n) is 13.6. The summed E-state index contributed by atoms with van der Waals surface area (Å²) in [6, 6.07) is 18.7. The zero-order chi connectivity index (χ0) is 17.1. The van der Waals surface area contributed by atoms with Gasteiger partial charge in [-0.1, -0.05) is 66.4 Å². The summed E-state index contributed by atoms with van der Waals surface area (Å²) in [7, 11) is 1.95. The molecule has 0 spiro atoms. The molecule has 0 aliphatic heterocycles. The summed E-state index contributed by atoms with van der Waals surface area (Å²) in [5.41, 5.74) is 9.80. The van der Waals surface area contributed by atoms with Crippen LogP contribution in [0.5, 0.6) is 0 Å². The molecule has 24 heavy (non-hydrogen) atoms. The molecule has 1 aromatic heterocycles. The maximum absolute atomic E-state index is 11.2. The number of carbonyl (C=O) groups is 1. The maximum Gasteiger partial charge on any atom is 0.230 e. The number of aromatic nitrogens is 2. The van der Waals surface area contributed by atoms with Crippen LogP contribution in [0.15, 0.2) is 66.0 Å². The number of imidazole rings is 1. The molecule has 122 valence electrons. The minimum absolute atomic E-state index is 0.306.